The number of alkyl halides is 1. The summed E-state index contributed by atoms with van der Waals surface area (Å²) in [4.78, 5) is 0. The van der Waals surface area contributed by atoms with E-state index in [1.54, 1.807) is 0 Å². The second kappa shape index (κ2) is 6.18. The molecular formula is C13H16Br2O. The van der Waals surface area contributed by atoms with Gasteiger partial charge in [0, 0.05) is 16.4 Å². The lowest BCUT2D eigenvalue weighted by atomic mass is 9.94. The fraction of sp³-hybridized carbons (Fsp3) is 0.538. The van der Waals surface area contributed by atoms with Gasteiger partial charge in [-0.2, -0.15) is 0 Å². The van der Waals surface area contributed by atoms with Gasteiger partial charge >= 0.3 is 0 Å². The molecule has 1 aromatic carbocycles. The van der Waals surface area contributed by atoms with Crippen molar-refractivity contribution in [2.24, 2.45) is 0 Å². The third kappa shape index (κ3) is 3.31. The molecule has 2 atom stereocenters. The van der Waals surface area contributed by atoms with Crippen molar-refractivity contribution in [1.82, 2.24) is 0 Å². The highest BCUT2D eigenvalue weighted by atomic mass is 79.9. The van der Waals surface area contributed by atoms with Crippen LogP contribution in [0, 0.1) is 0 Å². The largest absolute Gasteiger partial charge is 0.378 e. The number of halogens is 2. The zero-order chi connectivity index (χ0) is 11.4. The van der Waals surface area contributed by atoms with Crippen molar-refractivity contribution in [3.63, 3.8) is 0 Å². The zero-order valence-electron chi connectivity index (χ0n) is 9.16. The van der Waals surface area contributed by atoms with E-state index in [1.165, 1.54) is 18.4 Å². The fourth-order valence-electron chi connectivity index (χ4n) is 2.17. The van der Waals surface area contributed by atoms with Crippen LogP contribution in [0.1, 0.15) is 30.7 Å². The van der Waals surface area contributed by atoms with Crippen molar-refractivity contribution < 1.29 is 4.74 Å². The van der Waals surface area contributed by atoms with Crippen LogP contribution >= 0.6 is 31.9 Å². The van der Waals surface area contributed by atoms with Crippen LogP contribution in [0.5, 0.6) is 0 Å². The molecular weight excluding hydrogens is 332 g/mol. The normalized spacial score (nSPS) is 22.2. The van der Waals surface area contributed by atoms with E-state index in [2.05, 4.69) is 56.1 Å². The molecule has 0 bridgehead atoms. The van der Waals surface area contributed by atoms with Gasteiger partial charge in [0.15, 0.2) is 0 Å². The van der Waals surface area contributed by atoms with Crippen molar-refractivity contribution in [2.75, 3.05) is 11.9 Å². The molecule has 0 N–H and O–H groups in total. The van der Waals surface area contributed by atoms with Crippen LogP contribution in [0.2, 0.25) is 0 Å². The second-order valence-electron chi connectivity index (χ2n) is 4.27. The maximum Gasteiger partial charge on any atom is 0.0582 e. The Kier molecular flexibility index (Phi) is 4.86. The van der Waals surface area contributed by atoms with E-state index in [4.69, 9.17) is 4.74 Å². The van der Waals surface area contributed by atoms with Gasteiger partial charge in [0.1, 0.15) is 0 Å². The first-order valence-electron chi connectivity index (χ1n) is 5.72. The molecule has 88 valence electrons. The van der Waals surface area contributed by atoms with E-state index >= 15 is 0 Å². The van der Waals surface area contributed by atoms with E-state index in [9.17, 15) is 0 Å². The van der Waals surface area contributed by atoms with E-state index < -0.39 is 0 Å². The van der Waals surface area contributed by atoms with Gasteiger partial charge in [0.05, 0.1) is 6.10 Å². The zero-order valence-corrected chi connectivity index (χ0v) is 12.3. The van der Waals surface area contributed by atoms with Gasteiger partial charge in [-0.3, -0.25) is 0 Å². The van der Waals surface area contributed by atoms with Crippen LogP contribution in [-0.2, 0) is 4.74 Å². The van der Waals surface area contributed by atoms with Crippen molar-refractivity contribution in [3.8, 4) is 0 Å². The lowest BCUT2D eigenvalue weighted by Crippen LogP contribution is -2.12. The molecule has 0 aliphatic carbocycles. The van der Waals surface area contributed by atoms with Crippen LogP contribution in [0.15, 0.2) is 28.7 Å². The SMILES string of the molecule is BrCC(CC1CCCO1)c1ccc(Br)cc1. The summed E-state index contributed by atoms with van der Waals surface area (Å²) < 4.78 is 6.84. The Morgan fingerprint density at radius 2 is 2.06 bits per heavy atom. The fourth-order valence-corrected chi connectivity index (χ4v) is 3.07. The molecule has 0 spiro atoms. The van der Waals surface area contributed by atoms with Gasteiger partial charge in [-0.25, -0.2) is 0 Å². The predicted molar refractivity (Wildman–Crippen MR) is 74.3 cm³/mol. The van der Waals surface area contributed by atoms with Crippen LogP contribution in [0.3, 0.4) is 0 Å². The van der Waals surface area contributed by atoms with Gasteiger partial charge in [-0.15, -0.1) is 0 Å². The second-order valence-corrected chi connectivity index (χ2v) is 5.84. The van der Waals surface area contributed by atoms with Crippen LogP contribution in [-0.4, -0.2) is 18.0 Å². The molecule has 16 heavy (non-hydrogen) atoms. The minimum absolute atomic E-state index is 0.464. The third-order valence-corrected chi connectivity index (χ3v) is 4.41. The van der Waals surface area contributed by atoms with Crippen LogP contribution < -0.4 is 0 Å². The minimum Gasteiger partial charge on any atom is -0.378 e. The average Bonchev–Trinajstić information content (AvgIpc) is 2.80. The van der Waals surface area contributed by atoms with Crippen molar-refractivity contribution >= 4 is 31.9 Å². The maximum atomic E-state index is 5.70. The first kappa shape index (κ1) is 12.6. The Morgan fingerprint density at radius 1 is 1.31 bits per heavy atom. The molecule has 1 saturated heterocycles. The summed E-state index contributed by atoms with van der Waals surface area (Å²) in [7, 11) is 0. The molecule has 0 saturated carbocycles. The highest BCUT2D eigenvalue weighted by Gasteiger charge is 2.21. The summed E-state index contributed by atoms with van der Waals surface area (Å²) in [5, 5.41) is 1.01. The Hall–Kier alpha value is 0.140. The van der Waals surface area contributed by atoms with Crippen molar-refractivity contribution in [3.05, 3.63) is 34.3 Å². The first-order valence-corrected chi connectivity index (χ1v) is 7.64. The molecule has 0 aromatic heterocycles. The Labute approximate surface area is 114 Å². The van der Waals surface area contributed by atoms with Gasteiger partial charge in [-0.1, -0.05) is 44.0 Å². The molecule has 1 aliphatic rings. The number of rotatable bonds is 4. The van der Waals surface area contributed by atoms with Crippen molar-refractivity contribution in [1.29, 1.82) is 0 Å². The lowest BCUT2D eigenvalue weighted by molar-refractivity contribution is 0.0997. The van der Waals surface area contributed by atoms with E-state index in [0.29, 0.717) is 12.0 Å². The monoisotopic (exact) mass is 346 g/mol. The van der Waals surface area contributed by atoms with Gasteiger partial charge in [-0.05, 0) is 42.9 Å². The summed E-state index contributed by atoms with van der Waals surface area (Å²) in [6, 6.07) is 8.62. The number of hydrogen-bond acceptors (Lipinski definition) is 1. The van der Waals surface area contributed by atoms with Crippen molar-refractivity contribution in [2.45, 2.75) is 31.3 Å². The van der Waals surface area contributed by atoms with E-state index in [1.807, 2.05) is 0 Å². The van der Waals surface area contributed by atoms with E-state index in [0.717, 1.165) is 22.8 Å². The van der Waals surface area contributed by atoms with Crippen LogP contribution in [0.25, 0.3) is 0 Å². The summed E-state index contributed by atoms with van der Waals surface area (Å²) in [6.07, 6.45) is 4.04. The lowest BCUT2D eigenvalue weighted by Gasteiger charge is -2.18. The van der Waals surface area contributed by atoms with Crippen LogP contribution in [0.4, 0.5) is 0 Å². The Bertz CT molecular complexity index is 317. The predicted octanol–water partition coefficient (Wildman–Crippen LogP) is 4.50. The summed E-state index contributed by atoms with van der Waals surface area (Å²) in [6.45, 7) is 0.944. The molecule has 2 unspecified atom stereocenters. The highest BCUT2D eigenvalue weighted by Crippen LogP contribution is 2.29. The Morgan fingerprint density at radius 3 is 2.62 bits per heavy atom. The quantitative estimate of drug-likeness (QED) is 0.729. The number of ether oxygens (including phenoxy) is 1. The molecule has 1 heterocycles. The molecule has 3 heteroatoms. The van der Waals surface area contributed by atoms with Gasteiger partial charge in [0.2, 0.25) is 0 Å². The summed E-state index contributed by atoms with van der Waals surface area (Å²) in [5.74, 6) is 0.566. The minimum atomic E-state index is 0.464. The smallest absolute Gasteiger partial charge is 0.0582 e. The molecule has 1 aromatic rings. The number of benzene rings is 1. The molecule has 0 amide bonds. The highest BCUT2D eigenvalue weighted by molar-refractivity contribution is 9.10. The van der Waals surface area contributed by atoms with Gasteiger partial charge in [0.25, 0.3) is 0 Å². The summed E-state index contributed by atoms with van der Waals surface area (Å²) in [5.41, 5.74) is 1.40. The van der Waals surface area contributed by atoms with Gasteiger partial charge < -0.3 is 4.74 Å². The first-order chi connectivity index (χ1) is 7.79. The average molecular weight is 348 g/mol. The topological polar surface area (TPSA) is 9.23 Å². The molecule has 2 rings (SSSR count). The standard InChI is InChI=1S/C13H16Br2O/c14-9-11(8-13-2-1-7-16-13)10-3-5-12(15)6-4-10/h3-6,11,13H,1-2,7-9H2. The molecule has 0 radical (unpaired) electrons. The number of hydrogen-bond donors (Lipinski definition) is 0. The molecule has 1 nitrogen and oxygen atoms in total. The Balaban J connectivity index is 2.00. The third-order valence-electron chi connectivity index (χ3n) is 3.10. The molecule has 1 aliphatic heterocycles. The van der Waals surface area contributed by atoms with E-state index in [-0.39, 0.29) is 0 Å². The summed E-state index contributed by atoms with van der Waals surface area (Å²) >= 11 is 7.08. The molecule has 1 fully saturated rings. The maximum absolute atomic E-state index is 5.70.